The fraction of sp³-hybridized carbons (Fsp3) is 0.647. The van der Waals surface area contributed by atoms with Gasteiger partial charge in [-0.3, -0.25) is 4.90 Å². The van der Waals surface area contributed by atoms with E-state index in [9.17, 15) is 5.11 Å². The highest BCUT2D eigenvalue weighted by atomic mass is 16.5. The van der Waals surface area contributed by atoms with Gasteiger partial charge in [0.1, 0.15) is 5.75 Å². The van der Waals surface area contributed by atoms with E-state index in [4.69, 9.17) is 4.74 Å². The van der Waals surface area contributed by atoms with Gasteiger partial charge in [-0.25, -0.2) is 0 Å². The molecular weight excluding hydrogens is 278 g/mol. The summed E-state index contributed by atoms with van der Waals surface area (Å²) in [7, 11) is 2.03. The SMILES string of the molecule is CN1Cc2ccc(OCCCN3CCNCC3)cc2[C@@H](O)C1. The molecule has 0 amide bonds. The van der Waals surface area contributed by atoms with Crippen molar-refractivity contribution in [3.8, 4) is 5.75 Å². The van der Waals surface area contributed by atoms with Crippen molar-refractivity contribution in [3.63, 3.8) is 0 Å². The molecule has 122 valence electrons. The van der Waals surface area contributed by atoms with Crippen molar-refractivity contribution in [2.24, 2.45) is 0 Å². The summed E-state index contributed by atoms with van der Waals surface area (Å²) in [6, 6.07) is 6.12. The number of piperazine rings is 1. The van der Waals surface area contributed by atoms with Crippen molar-refractivity contribution >= 4 is 0 Å². The van der Waals surface area contributed by atoms with Crippen LogP contribution in [0.25, 0.3) is 0 Å². The van der Waals surface area contributed by atoms with Crippen LogP contribution < -0.4 is 10.1 Å². The standard InChI is InChI=1S/C17H27N3O2/c1-19-12-14-3-4-15(11-16(14)17(21)13-19)22-10-2-7-20-8-5-18-6-9-20/h3-4,11,17-18,21H,2,5-10,12-13H2,1H3/t17-/m0/s1. The normalized spacial score (nSPS) is 23.3. The second-order valence-electron chi connectivity index (χ2n) is 6.37. The van der Waals surface area contributed by atoms with Gasteiger partial charge in [-0.05, 0) is 36.7 Å². The molecule has 0 unspecified atom stereocenters. The molecule has 0 radical (unpaired) electrons. The second-order valence-corrected chi connectivity index (χ2v) is 6.37. The predicted octanol–water partition coefficient (Wildman–Crippen LogP) is 0.839. The molecule has 1 atom stereocenters. The minimum Gasteiger partial charge on any atom is -0.494 e. The molecule has 0 saturated carbocycles. The van der Waals surface area contributed by atoms with Gasteiger partial charge in [0.2, 0.25) is 0 Å². The first kappa shape index (κ1) is 15.7. The number of rotatable bonds is 5. The van der Waals surface area contributed by atoms with Crippen LogP contribution in [0, 0.1) is 0 Å². The molecule has 2 heterocycles. The molecule has 0 spiro atoms. The van der Waals surface area contributed by atoms with Crippen LogP contribution in [0.3, 0.4) is 0 Å². The number of ether oxygens (including phenoxy) is 1. The number of aliphatic hydroxyl groups excluding tert-OH is 1. The van der Waals surface area contributed by atoms with Crippen molar-refractivity contribution < 1.29 is 9.84 Å². The number of fused-ring (bicyclic) bond motifs is 1. The molecule has 1 aromatic carbocycles. The fourth-order valence-electron chi connectivity index (χ4n) is 3.28. The quantitative estimate of drug-likeness (QED) is 0.790. The van der Waals surface area contributed by atoms with E-state index in [1.54, 1.807) is 0 Å². The number of hydrogen-bond donors (Lipinski definition) is 2. The van der Waals surface area contributed by atoms with Gasteiger partial charge in [-0.2, -0.15) is 0 Å². The lowest BCUT2D eigenvalue weighted by Gasteiger charge is -2.29. The molecule has 3 rings (SSSR count). The average Bonchev–Trinajstić information content (AvgIpc) is 2.53. The first-order valence-electron chi connectivity index (χ1n) is 8.27. The van der Waals surface area contributed by atoms with Crippen LogP contribution in [0.2, 0.25) is 0 Å². The zero-order valence-electron chi connectivity index (χ0n) is 13.4. The van der Waals surface area contributed by atoms with Gasteiger partial charge in [-0.1, -0.05) is 6.07 Å². The molecule has 5 heteroatoms. The molecule has 0 aromatic heterocycles. The summed E-state index contributed by atoms with van der Waals surface area (Å²) in [6.07, 6.45) is 0.640. The maximum atomic E-state index is 10.2. The van der Waals surface area contributed by atoms with E-state index >= 15 is 0 Å². The van der Waals surface area contributed by atoms with Crippen LogP contribution in [0.15, 0.2) is 18.2 Å². The molecule has 2 aliphatic rings. The average molecular weight is 305 g/mol. The van der Waals surface area contributed by atoms with Gasteiger partial charge in [-0.15, -0.1) is 0 Å². The summed E-state index contributed by atoms with van der Waals surface area (Å²) < 4.78 is 5.87. The lowest BCUT2D eigenvalue weighted by atomic mass is 9.97. The van der Waals surface area contributed by atoms with E-state index < -0.39 is 6.10 Å². The first-order chi connectivity index (χ1) is 10.7. The lowest BCUT2D eigenvalue weighted by molar-refractivity contribution is 0.107. The lowest BCUT2D eigenvalue weighted by Crippen LogP contribution is -2.43. The van der Waals surface area contributed by atoms with E-state index in [-0.39, 0.29) is 0 Å². The molecule has 1 saturated heterocycles. The molecule has 0 bridgehead atoms. The summed E-state index contributed by atoms with van der Waals surface area (Å²) in [5.74, 6) is 0.877. The number of nitrogens with one attached hydrogen (secondary N) is 1. The Hall–Kier alpha value is -1.14. The van der Waals surface area contributed by atoms with Crippen molar-refractivity contribution in [1.29, 1.82) is 0 Å². The van der Waals surface area contributed by atoms with Gasteiger partial charge < -0.3 is 20.1 Å². The van der Waals surface area contributed by atoms with Crippen molar-refractivity contribution in [3.05, 3.63) is 29.3 Å². The molecular formula is C17H27N3O2. The van der Waals surface area contributed by atoms with Crippen LogP contribution in [0.4, 0.5) is 0 Å². The van der Waals surface area contributed by atoms with Crippen LogP contribution in [-0.2, 0) is 6.54 Å². The van der Waals surface area contributed by atoms with Gasteiger partial charge in [0, 0.05) is 45.8 Å². The summed E-state index contributed by atoms with van der Waals surface area (Å²) >= 11 is 0. The Morgan fingerprint density at radius 3 is 2.95 bits per heavy atom. The number of β-amino-alcohol motifs (C(OH)–C–C–N with tert-alkyl or cyclic N) is 1. The van der Waals surface area contributed by atoms with E-state index in [1.807, 2.05) is 19.2 Å². The molecule has 0 aliphatic carbocycles. The summed E-state index contributed by atoms with van der Waals surface area (Å²) in [5, 5.41) is 13.6. The topological polar surface area (TPSA) is 48.0 Å². The number of likely N-dealkylation sites (N-methyl/N-ethyl adjacent to an activating group) is 1. The highest BCUT2D eigenvalue weighted by molar-refractivity contribution is 5.38. The van der Waals surface area contributed by atoms with Crippen molar-refractivity contribution in [2.45, 2.75) is 19.1 Å². The highest BCUT2D eigenvalue weighted by Gasteiger charge is 2.21. The van der Waals surface area contributed by atoms with Gasteiger partial charge in [0.25, 0.3) is 0 Å². The van der Waals surface area contributed by atoms with Gasteiger partial charge in [0.15, 0.2) is 0 Å². The molecule has 5 nitrogen and oxygen atoms in total. The number of hydrogen-bond acceptors (Lipinski definition) is 5. The zero-order valence-corrected chi connectivity index (χ0v) is 13.4. The Kier molecular flexibility index (Phi) is 5.31. The number of benzene rings is 1. The zero-order chi connectivity index (χ0) is 15.4. The Balaban J connectivity index is 1.48. The Morgan fingerprint density at radius 1 is 1.32 bits per heavy atom. The van der Waals surface area contributed by atoms with Crippen molar-refractivity contribution in [2.75, 3.05) is 52.9 Å². The summed E-state index contributed by atoms with van der Waals surface area (Å²) in [4.78, 5) is 4.62. The number of nitrogens with zero attached hydrogens (tertiary/aromatic N) is 2. The summed E-state index contributed by atoms with van der Waals surface area (Å²) in [6.45, 7) is 7.89. The predicted molar refractivity (Wildman–Crippen MR) is 87.2 cm³/mol. The minimum atomic E-state index is -0.404. The Morgan fingerprint density at radius 2 is 2.14 bits per heavy atom. The van der Waals surface area contributed by atoms with E-state index in [0.717, 1.165) is 63.6 Å². The highest BCUT2D eigenvalue weighted by Crippen LogP contribution is 2.29. The molecule has 2 N–H and O–H groups in total. The van der Waals surface area contributed by atoms with Crippen LogP contribution in [0.1, 0.15) is 23.7 Å². The van der Waals surface area contributed by atoms with E-state index in [0.29, 0.717) is 6.54 Å². The first-order valence-corrected chi connectivity index (χ1v) is 8.27. The van der Waals surface area contributed by atoms with Gasteiger partial charge >= 0.3 is 0 Å². The third-order valence-electron chi connectivity index (χ3n) is 4.50. The second kappa shape index (κ2) is 7.42. The molecule has 22 heavy (non-hydrogen) atoms. The Labute approximate surface area is 132 Å². The van der Waals surface area contributed by atoms with Gasteiger partial charge in [0.05, 0.1) is 12.7 Å². The largest absolute Gasteiger partial charge is 0.494 e. The molecule has 1 fully saturated rings. The maximum absolute atomic E-state index is 10.2. The Bertz CT molecular complexity index is 489. The maximum Gasteiger partial charge on any atom is 0.119 e. The number of aliphatic hydroxyl groups is 1. The fourth-order valence-corrected chi connectivity index (χ4v) is 3.28. The molecule has 2 aliphatic heterocycles. The van der Waals surface area contributed by atoms with Crippen LogP contribution in [0.5, 0.6) is 5.75 Å². The molecule has 1 aromatic rings. The van der Waals surface area contributed by atoms with Crippen LogP contribution >= 0.6 is 0 Å². The van der Waals surface area contributed by atoms with Crippen LogP contribution in [-0.4, -0.2) is 67.8 Å². The minimum absolute atomic E-state index is 0.404. The third-order valence-corrected chi connectivity index (χ3v) is 4.50. The third kappa shape index (κ3) is 3.98. The monoisotopic (exact) mass is 305 g/mol. The van der Waals surface area contributed by atoms with E-state index in [1.165, 1.54) is 5.56 Å². The smallest absolute Gasteiger partial charge is 0.119 e. The van der Waals surface area contributed by atoms with Crippen molar-refractivity contribution in [1.82, 2.24) is 15.1 Å². The summed E-state index contributed by atoms with van der Waals surface area (Å²) in [5.41, 5.74) is 2.23. The van der Waals surface area contributed by atoms with E-state index in [2.05, 4.69) is 21.2 Å².